The van der Waals surface area contributed by atoms with Crippen molar-refractivity contribution < 1.29 is 20.1 Å². The van der Waals surface area contributed by atoms with Crippen LogP contribution < -0.4 is 5.73 Å². The molecular formula is C11H20N4O4. The summed E-state index contributed by atoms with van der Waals surface area (Å²) in [6.07, 6.45) is -0.676. The number of aromatic amines is 1. The minimum absolute atomic E-state index is 0.0963. The van der Waals surface area contributed by atoms with Gasteiger partial charge in [-0.3, -0.25) is 4.79 Å². The van der Waals surface area contributed by atoms with Crippen molar-refractivity contribution in [3.05, 3.63) is 17.7 Å². The highest BCUT2D eigenvalue weighted by atomic mass is 16.3. The molecule has 0 fully saturated rings. The molecular weight excluding hydrogens is 252 g/mol. The molecule has 1 rings (SSSR count). The van der Waals surface area contributed by atoms with Crippen molar-refractivity contribution in [3.63, 3.8) is 0 Å². The fourth-order valence-corrected chi connectivity index (χ4v) is 1.17. The fraction of sp³-hybridized carbons (Fsp3) is 0.545. The molecule has 0 saturated carbocycles. The lowest BCUT2D eigenvalue weighted by Crippen LogP contribution is -2.19. The second-order valence-electron chi connectivity index (χ2n) is 3.95. The van der Waals surface area contributed by atoms with Crippen molar-refractivity contribution in [2.24, 2.45) is 5.73 Å². The van der Waals surface area contributed by atoms with Gasteiger partial charge in [0, 0.05) is 13.5 Å². The summed E-state index contributed by atoms with van der Waals surface area (Å²) in [4.78, 5) is 15.8. The van der Waals surface area contributed by atoms with Crippen LogP contribution in [0.3, 0.4) is 0 Å². The Labute approximate surface area is 110 Å². The quantitative estimate of drug-likeness (QED) is 0.382. The van der Waals surface area contributed by atoms with E-state index in [9.17, 15) is 15.0 Å². The Bertz CT molecular complexity index is 415. The van der Waals surface area contributed by atoms with Gasteiger partial charge < -0.3 is 31.4 Å². The van der Waals surface area contributed by atoms with Crippen LogP contribution in [0.25, 0.3) is 0 Å². The van der Waals surface area contributed by atoms with Crippen LogP contribution in [0.15, 0.2) is 6.20 Å². The average Bonchev–Trinajstić information content (AvgIpc) is 2.76. The number of amides is 1. The van der Waals surface area contributed by atoms with Crippen molar-refractivity contribution in [1.82, 2.24) is 9.97 Å². The van der Waals surface area contributed by atoms with Crippen molar-refractivity contribution in [3.8, 4) is 0 Å². The standard InChI is InChI=1S/C9H15N3O3.C2H5NO/c1-5(10)9-11-4-6(12-9)8(15)7(14)2-3-13;1-2(3)4/h4,7-8,10,13-15H,2-3H2,1H3,(H,11,12);1H3,(H2,3,4). The number of rotatable bonds is 5. The van der Waals surface area contributed by atoms with E-state index >= 15 is 0 Å². The number of nitrogens with two attached hydrogens (primary N) is 1. The fourth-order valence-electron chi connectivity index (χ4n) is 1.17. The molecule has 0 saturated heterocycles. The number of aliphatic hydroxyl groups is 3. The monoisotopic (exact) mass is 272 g/mol. The number of hydrogen-bond donors (Lipinski definition) is 6. The third-order valence-corrected chi connectivity index (χ3v) is 2.06. The van der Waals surface area contributed by atoms with E-state index in [0.717, 1.165) is 0 Å². The molecule has 108 valence electrons. The first-order valence-electron chi connectivity index (χ1n) is 5.63. The highest BCUT2D eigenvalue weighted by Crippen LogP contribution is 2.16. The van der Waals surface area contributed by atoms with Gasteiger partial charge in [0.1, 0.15) is 6.10 Å². The van der Waals surface area contributed by atoms with Crippen LogP contribution in [0.4, 0.5) is 0 Å². The van der Waals surface area contributed by atoms with Crippen LogP contribution in [-0.2, 0) is 4.79 Å². The molecule has 1 heterocycles. The SMILES string of the molecule is CC(=N)c1ncc(C(O)C(O)CCO)[nH]1.CC(N)=O. The second-order valence-corrected chi connectivity index (χ2v) is 3.95. The van der Waals surface area contributed by atoms with Crippen molar-refractivity contribution in [2.75, 3.05) is 6.61 Å². The van der Waals surface area contributed by atoms with Gasteiger partial charge in [-0.2, -0.15) is 0 Å². The topological polar surface area (TPSA) is 156 Å². The number of aromatic nitrogens is 2. The summed E-state index contributed by atoms with van der Waals surface area (Å²) in [6.45, 7) is 2.68. The van der Waals surface area contributed by atoms with E-state index in [1.54, 1.807) is 6.92 Å². The lowest BCUT2D eigenvalue weighted by molar-refractivity contribution is -0.115. The number of carbonyl (C=O) groups is 1. The largest absolute Gasteiger partial charge is 0.396 e. The Balaban J connectivity index is 0.000000711. The predicted octanol–water partition coefficient (Wildman–Crippen LogP) is -0.934. The summed E-state index contributed by atoms with van der Waals surface area (Å²) in [6, 6.07) is 0. The van der Waals surface area contributed by atoms with E-state index in [4.69, 9.17) is 10.5 Å². The number of imidazole rings is 1. The summed E-state index contributed by atoms with van der Waals surface area (Å²) in [5.74, 6) is 0.0280. The van der Waals surface area contributed by atoms with Gasteiger partial charge in [-0.05, 0) is 13.3 Å². The lowest BCUT2D eigenvalue weighted by atomic mass is 10.1. The number of H-pyrrole nitrogens is 1. The maximum Gasteiger partial charge on any atom is 0.214 e. The molecule has 1 amide bonds. The molecule has 0 radical (unpaired) electrons. The van der Waals surface area contributed by atoms with Crippen molar-refractivity contribution >= 4 is 11.6 Å². The molecule has 1 aromatic rings. The highest BCUT2D eigenvalue weighted by molar-refractivity contribution is 5.92. The molecule has 0 aliphatic heterocycles. The number of aliphatic hydroxyl groups excluding tert-OH is 3. The van der Waals surface area contributed by atoms with Gasteiger partial charge in [-0.25, -0.2) is 4.98 Å². The van der Waals surface area contributed by atoms with E-state index in [-0.39, 0.29) is 24.6 Å². The lowest BCUT2D eigenvalue weighted by Gasteiger charge is -2.14. The molecule has 19 heavy (non-hydrogen) atoms. The minimum atomic E-state index is -1.11. The summed E-state index contributed by atoms with van der Waals surface area (Å²) < 4.78 is 0. The van der Waals surface area contributed by atoms with E-state index in [0.29, 0.717) is 11.5 Å². The van der Waals surface area contributed by atoms with Gasteiger partial charge in [-0.15, -0.1) is 0 Å². The zero-order valence-corrected chi connectivity index (χ0v) is 10.9. The molecule has 7 N–H and O–H groups in total. The van der Waals surface area contributed by atoms with E-state index in [1.807, 2.05) is 0 Å². The van der Waals surface area contributed by atoms with Gasteiger partial charge >= 0.3 is 0 Å². The van der Waals surface area contributed by atoms with Crippen LogP contribution in [0, 0.1) is 5.41 Å². The van der Waals surface area contributed by atoms with Gasteiger partial charge in [0.05, 0.1) is 23.7 Å². The maximum atomic E-state index is 9.61. The summed E-state index contributed by atoms with van der Waals surface area (Å²) in [5.41, 5.74) is 5.07. The van der Waals surface area contributed by atoms with Crippen LogP contribution >= 0.6 is 0 Å². The van der Waals surface area contributed by atoms with Gasteiger partial charge in [-0.1, -0.05) is 0 Å². The summed E-state index contributed by atoms with van der Waals surface area (Å²) >= 11 is 0. The van der Waals surface area contributed by atoms with Gasteiger partial charge in [0.2, 0.25) is 5.91 Å². The van der Waals surface area contributed by atoms with Crippen LogP contribution in [0.1, 0.15) is 37.9 Å². The van der Waals surface area contributed by atoms with Crippen molar-refractivity contribution in [1.29, 1.82) is 5.41 Å². The first-order valence-corrected chi connectivity index (χ1v) is 5.63. The molecule has 0 bridgehead atoms. The smallest absolute Gasteiger partial charge is 0.214 e. The van der Waals surface area contributed by atoms with Crippen LogP contribution in [0.5, 0.6) is 0 Å². The summed E-state index contributed by atoms with van der Waals surface area (Å²) in [7, 11) is 0. The Kier molecular flexibility index (Phi) is 7.57. The molecule has 0 aliphatic rings. The predicted molar refractivity (Wildman–Crippen MR) is 68.6 cm³/mol. The van der Waals surface area contributed by atoms with Gasteiger partial charge in [0.25, 0.3) is 0 Å². The number of nitrogens with zero attached hydrogens (tertiary/aromatic N) is 1. The molecule has 2 unspecified atom stereocenters. The minimum Gasteiger partial charge on any atom is -0.396 e. The Morgan fingerprint density at radius 2 is 2.05 bits per heavy atom. The summed E-state index contributed by atoms with van der Waals surface area (Å²) in [5, 5.41) is 34.9. The Morgan fingerprint density at radius 3 is 2.42 bits per heavy atom. The van der Waals surface area contributed by atoms with Gasteiger partial charge in [0.15, 0.2) is 5.82 Å². The first-order chi connectivity index (χ1) is 8.79. The number of hydrogen-bond acceptors (Lipinski definition) is 6. The molecule has 1 aromatic heterocycles. The highest BCUT2D eigenvalue weighted by Gasteiger charge is 2.20. The first kappa shape index (κ1) is 17.2. The third kappa shape index (κ3) is 6.65. The van der Waals surface area contributed by atoms with E-state index < -0.39 is 12.2 Å². The Morgan fingerprint density at radius 1 is 1.53 bits per heavy atom. The average molecular weight is 272 g/mol. The number of nitrogens with one attached hydrogen (secondary N) is 2. The zero-order valence-electron chi connectivity index (χ0n) is 10.9. The molecule has 0 aliphatic carbocycles. The van der Waals surface area contributed by atoms with Crippen molar-refractivity contribution in [2.45, 2.75) is 32.5 Å². The van der Waals surface area contributed by atoms with Crippen LogP contribution in [-0.4, -0.2) is 49.6 Å². The molecule has 0 aromatic carbocycles. The maximum absolute atomic E-state index is 9.61. The Hall–Kier alpha value is -1.77. The molecule has 0 spiro atoms. The number of primary amides is 1. The molecule has 8 heteroatoms. The third-order valence-electron chi connectivity index (χ3n) is 2.06. The molecule has 2 atom stereocenters. The number of carbonyl (C=O) groups excluding carboxylic acids is 1. The van der Waals surface area contributed by atoms with E-state index in [1.165, 1.54) is 13.1 Å². The second kappa shape index (κ2) is 8.35. The molecule has 8 nitrogen and oxygen atoms in total. The van der Waals surface area contributed by atoms with E-state index in [2.05, 4.69) is 15.7 Å². The zero-order chi connectivity index (χ0) is 15.0. The normalized spacial score (nSPS) is 13.1. The van der Waals surface area contributed by atoms with Crippen LogP contribution in [0.2, 0.25) is 0 Å².